The molecule has 0 spiro atoms. The van der Waals surface area contributed by atoms with E-state index in [-0.39, 0.29) is 11.3 Å². The van der Waals surface area contributed by atoms with E-state index in [4.69, 9.17) is 0 Å². The largest absolute Gasteiger partial charge is 0.356 e. The molecule has 110 valence electrons. The lowest BCUT2D eigenvalue weighted by Gasteiger charge is -2.31. The molecule has 0 aromatic heterocycles. The summed E-state index contributed by atoms with van der Waals surface area (Å²) in [4.78, 5) is 12.1. The molecule has 2 fully saturated rings. The predicted octanol–water partition coefficient (Wildman–Crippen LogP) is 3.81. The van der Waals surface area contributed by atoms with Gasteiger partial charge < -0.3 is 5.32 Å². The summed E-state index contributed by atoms with van der Waals surface area (Å²) >= 11 is 4.38. The number of carbonyl (C=O) groups excluding carboxylic acids is 1. The lowest BCUT2D eigenvalue weighted by molar-refractivity contribution is -0.122. The second-order valence-corrected chi connectivity index (χ2v) is 7.73. The molecule has 2 aliphatic carbocycles. The summed E-state index contributed by atoms with van der Waals surface area (Å²) in [6, 6.07) is 0. The lowest BCUT2D eigenvalue weighted by atomic mass is 9.78. The monoisotopic (exact) mass is 283 g/mol. The topological polar surface area (TPSA) is 29.1 Å². The van der Waals surface area contributed by atoms with Gasteiger partial charge in [0.25, 0.3) is 0 Å². The van der Waals surface area contributed by atoms with Crippen LogP contribution in [0.15, 0.2) is 0 Å². The normalized spacial score (nSPS) is 23.6. The number of hydrogen-bond acceptors (Lipinski definition) is 2. The van der Waals surface area contributed by atoms with Gasteiger partial charge in [0.05, 0.1) is 0 Å². The highest BCUT2D eigenvalue weighted by molar-refractivity contribution is 7.80. The van der Waals surface area contributed by atoms with Crippen molar-refractivity contribution in [1.29, 1.82) is 0 Å². The molecule has 19 heavy (non-hydrogen) atoms. The van der Waals surface area contributed by atoms with Gasteiger partial charge >= 0.3 is 0 Å². The van der Waals surface area contributed by atoms with E-state index in [9.17, 15) is 4.79 Å². The molecule has 0 aromatic carbocycles. The summed E-state index contributed by atoms with van der Waals surface area (Å²) in [5, 5.41) is 3.23. The number of rotatable bonds is 7. The van der Waals surface area contributed by atoms with Crippen molar-refractivity contribution in [2.45, 2.75) is 65.2 Å². The summed E-state index contributed by atoms with van der Waals surface area (Å²) < 4.78 is 0. The highest BCUT2D eigenvalue weighted by Crippen LogP contribution is 2.49. The molecule has 1 N–H and O–H groups in total. The highest BCUT2D eigenvalue weighted by Gasteiger charge is 2.43. The number of carbonyl (C=O) groups is 1. The Morgan fingerprint density at radius 1 is 1.16 bits per heavy atom. The van der Waals surface area contributed by atoms with Crippen molar-refractivity contribution < 1.29 is 4.79 Å². The number of nitrogens with one attached hydrogen (secondary N) is 1. The second-order valence-electron chi connectivity index (χ2n) is 7.42. The number of hydrogen-bond donors (Lipinski definition) is 2. The summed E-state index contributed by atoms with van der Waals surface area (Å²) in [5.74, 6) is 1.83. The molecule has 1 amide bonds. The molecular formula is C16H29NOS. The SMILES string of the molecule is CC(C)CC1(CNC(=O)CC2(CS)CC2)CCCC1. The predicted molar refractivity (Wildman–Crippen MR) is 83.5 cm³/mol. The van der Waals surface area contributed by atoms with Gasteiger partial charge in [0, 0.05) is 13.0 Å². The summed E-state index contributed by atoms with van der Waals surface area (Å²) in [5.41, 5.74) is 0.635. The number of thiol groups is 1. The van der Waals surface area contributed by atoms with Crippen molar-refractivity contribution in [1.82, 2.24) is 5.32 Å². The van der Waals surface area contributed by atoms with Crippen LogP contribution in [-0.2, 0) is 4.79 Å². The molecular weight excluding hydrogens is 254 g/mol. The zero-order valence-corrected chi connectivity index (χ0v) is 13.4. The molecule has 2 aliphatic rings. The minimum absolute atomic E-state index is 0.244. The van der Waals surface area contributed by atoms with Crippen molar-refractivity contribution in [3.8, 4) is 0 Å². The van der Waals surface area contributed by atoms with Gasteiger partial charge in [-0.15, -0.1) is 0 Å². The van der Waals surface area contributed by atoms with Crippen LogP contribution >= 0.6 is 12.6 Å². The Labute approximate surface area is 123 Å². The van der Waals surface area contributed by atoms with Crippen molar-refractivity contribution in [2.75, 3.05) is 12.3 Å². The van der Waals surface area contributed by atoms with Gasteiger partial charge in [0.15, 0.2) is 0 Å². The first-order chi connectivity index (χ1) is 8.99. The fourth-order valence-corrected chi connectivity index (χ4v) is 4.13. The van der Waals surface area contributed by atoms with Crippen LogP contribution in [0, 0.1) is 16.7 Å². The summed E-state index contributed by atoms with van der Waals surface area (Å²) in [7, 11) is 0. The molecule has 2 rings (SSSR count). The Balaban J connectivity index is 1.80. The molecule has 0 aliphatic heterocycles. The van der Waals surface area contributed by atoms with Gasteiger partial charge in [0.2, 0.25) is 5.91 Å². The highest BCUT2D eigenvalue weighted by atomic mass is 32.1. The Morgan fingerprint density at radius 2 is 1.79 bits per heavy atom. The fourth-order valence-electron chi connectivity index (χ4n) is 3.70. The maximum Gasteiger partial charge on any atom is 0.220 e. The van der Waals surface area contributed by atoms with E-state index in [0.717, 1.165) is 18.2 Å². The van der Waals surface area contributed by atoms with Crippen LogP contribution < -0.4 is 5.32 Å². The third-order valence-electron chi connectivity index (χ3n) is 4.99. The molecule has 2 saturated carbocycles. The molecule has 0 aromatic rings. The zero-order valence-electron chi connectivity index (χ0n) is 12.5. The van der Waals surface area contributed by atoms with Gasteiger partial charge in [-0.25, -0.2) is 0 Å². The fraction of sp³-hybridized carbons (Fsp3) is 0.938. The number of amides is 1. The van der Waals surface area contributed by atoms with Gasteiger partial charge in [-0.3, -0.25) is 4.79 Å². The van der Waals surface area contributed by atoms with Crippen molar-refractivity contribution in [2.24, 2.45) is 16.7 Å². The first kappa shape index (κ1) is 15.2. The first-order valence-electron chi connectivity index (χ1n) is 7.87. The third-order valence-corrected chi connectivity index (χ3v) is 5.66. The van der Waals surface area contributed by atoms with Crippen molar-refractivity contribution in [3.63, 3.8) is 0 Å². The van der Waals surface area contributed by atoms with E-state index in [1.165, 1.54) is 44.9 Å². The second kappa shape index (κ2) is 6.07. The van der Waals surface area contributed by atoms with Crippen molar-refractivity contribution in [3.05, 3.63) is 0 Å². The summed E-state index contributed by atoms with van der Waals surface area (Å²) in [6.07, 6.45) is 9.57. The van der Waals surface area contributed by atoms with Crippen LogP contribution in [0.3, 0.4) is 0 Å². The van der Waals surface area contributed by atoms with E-state index in [1.54, 1.807) is 0 Å². The lowest BCUT2D eigenvalue weighted by Crippen LogP contribution is -2.37. The molecule has 0 heterocycles. The molecule has 0 bridgehead atoms. The first-order valence-corrected chi connectivity index (χ1v) is 8.50. The van der Waals surface area contributed by atoms with E-state index in [0.29, 0.717) is 11.8 Å². The zero-order chi connectivity index (χ0) is 13.9. The quantitative estimate of drug-likeness (QED) is 0.684. The maximum atomic E-state index is 12.1. The minimum atomic E-state index is 0.244. The van der Waals surface area contributed by atoms with Gasteiger partial charge in [0.1, 0.15) is 0 Å². The van der Waals surface area contributed by atoms with E-state index in [1.807, 2.05) is 0 Å². The Morgan fingerprint density at radius 3 is 2.26 bits per heavy atom. The minimum Gasteiger partial charge on any atom is -0.356 e. The van der Waals surface area contributed by atoms with E-state index >= 15 is 0 Å². The van der Waals surface area contributed by atoms with Crippen LogP contribution in [0.4, 0.5) is 0 Å². The molecule has 0 radical (unpaired) electrons. The molecule has 0 saturated heterocycles. The van der Waals surface area contributed by atoms with E-state index in [2.05, 4.69) is 31.8 Å². The van der Waals surface area contributed by atoms with Gasteiger partial charge in [-0.05, 0) is 54.6 Å². The van der Waals surface area contributed by atoms with Crippen LogP contribution in [-0.4, -0.2) is 18.2 Å². The molecule has 0 unspecified atom stereocenters. The molecule has 2 nitrogen and oxygen atoms in total. The Kier molecular flexibility index (Phi) is 4.86. The van der Waals surface area contributed by atoms with Crippen LogP contribution in [0.5, 0.6) is 0 Å². The maximum absolute atomic E-state index is 12.1. The molecule has 3 heteroatoms. The molecule has 0 atom stereocenters. The standard InChI is InChI=1S/C16H29NOS/c1-13(2)9-15(5-3-4-6-15)11-17-14(18)10-16(12-19)7-8-16/h13,19H,3-12H2,1-2H3,(H,17,18). The van der Waals surface area contributed by atoms with Crippen LogP contribution in [0.1, 0.15) is 65.2 Å². The smallest absolute Gasteiger partial charge is 0.220 e. The van der Waals surface area contributed by atoms with Gasteiger partial charge in [-0.2, -0.15) is 12.6 Å². The third kappa shape index (κ3) is 4.14. The van der Waals surface area contributed by atoms with Crippen LogP contribution in [0.25, 0.3) is 0 Å². The van der Waals surface area contributed by atoms with E-state index < -0.39 is 0 Å². The van der Waals surface area contributed by atoms with Gasteiger partial charge in [-0.1, -0.05) is 26.7 Å². The van der Waals surface area contributed by atoms with Crippen molar-refractivity contribution >= 4 is 18.5 Å². The Bertz CT molecular complexity index is 317. The average Bonchev–Trinajstić information content (AvgIpc) is 2.98. The summed E-state index contributed by atoms with van der Waals surface area (Å²) in [6.45, 7) is 5.48. The average molecular weight is 283 g/mol. The van der Waals surface area contributed by atoms with Crippen LogP contribution in [0.2, 0.25) is 0 Å². The Hall–Kier alpha value is -0.180.